The van der Waals surface area contributed by atoms with E-state index in [1.54, 1.807) is 0 Å². The third kappa shape index (κ3) is 9.40. The first-order chi connectivity index (χ1) is 38.9. The highest BCUT2D eigenvalue weighted by molar-refractivity contribution is 6.32. The first kappa shape index (κ1) is 57.7. The van der Waals surface area contributed by atoms with Gasteiger partial charge < -0.3 is 89.2 Å². The molecule has 0 aromatic heterocycles. The number of hydrogen-bond donors (Lipinski definition) is 12. The molecule has 0 spiro atoms. The van der Waals surface area contributed by atoms with E-state index in [4.69, 9.17) is 38.1 Å². The molecule has 10 rings (SSSR count). The smallest absolute Gasteiger partial charge is 0.507 e. The van der Waals surface area contributed by atoms with Crippen LogP contribution in [-0.4, -0.2) is 180 Å². The van der Waals surface area contributed by atoms with E-state index in [9.17, 15) is 84.6 Å². The van der Waals surface area contributed by atoms with Crippen molar-refractivity contribution in [3.05, 3.63) is 103 Å². The normalized spacial score (nSPS) is 29.0. The van der Waals surface area contributed by atoms with Gasteiger partial charge in [0.25, 0.3) is 0 Å². The molecule has 2 saturated heterocycles. The number of ether oxygens (including phenoxy) is 6. The molecule has 82 heavy (non-hydrogen) atoms. The summed E-state index contributed by atoms with van der Waals surface area (Å²) in [6.45, 7) is 0.469. The molecule has 8 unspecified atom stereocenters. The Bertz CT molecular complexity index is 3160. The minimum absolute atomic E-state index is 0.00855. The van der Waals surface area contributed by atoms with E-state index >= 15 is 0 Å². The number of phenols is 4. The van der Waals surface area contributed by atoms with Gasteiger partial charge in [-0.1, -0.05) is 24.3 Å². The highest BCUT2D eigenvalue weighted by Gasteiger charge is 2.53. The standard InChI is InChI=1S/C55H56N2O25/c1-19-43(62)25(11-33(77-19)79-29-15-54(73,31(60)17-58)13-23-37(29)51(70)41-39(47(23)66)45(64)21-7-5-9-27(75-3)35(21)49(41)68)56-81-53(72)82-57-26-12-34(78-20(2)44(26)63)80-30-16-55(74,32(61)18-59)14-24-38(30)52(71)42-40(48(24)67)46(65)22-8-6-10-28(76-4)36(22)50(42)69/h5-10,19-20,25-26,29-30,33-34,43-44,56-59,62-63,66-67,70-71,73-74H,11-18H2,1-4H3/t19?,20?,25?,26?,29-,30-,33?,34?,43?,44?,54-,55-/m0/s1. The van der Waals surface area contributed by atoms with E-state index in [0.717, 1.165) is 0 Å². The van der Waals surface area contributed by atoms with Crippen LogP contribution in [-0.2, 0) is 51.1 Å². The maximum atomic E-state index is 14.1. The molecule has 27 nitrogen and oxygen atoms in total. The lowest BCUT2D eigenvalue weighted by Gasteiger charge is -2.42. The van der Waals surface area contributed by atoms with E-state index in [0.29, 0.717) is 0 Å². The Labute approximate surface area is 463 Å². The Morgan fingerprint density at radius 3 is 1.29 bits per heavy atom. The van der Waals surface area contributed by atoms with Crippen LogP contribution in [0.5, 0.6) is 34.5 Å². The van der Waals surface area contributed by atoms with Crippen molar-refractivity contribution in [3.8, 4) is 34.5 Å². The number of ketones is 6. The number of hydroxylamine groups is 2. The summed E-state index contributed by atoms with van der Waals surface area (Å²) in [6.07, 6.45) is -16.5. The summed E-state index contributed by atoms with van der Waals surface area (Å²) < 4.78 is 34.9. The number of rotatable bonds is 14. The lowest BCUT2D eigenvalue weighted by Crippen LogP contribution is -2.56. The molecule has 4 aromatic rings. The second-order valence-electron chi connectivity index (χ2n) is 20.9. The number of fused-ring (bicyclic) bond motifs is 6. The number of benzene rings is 4. The van der Waals surface area contributed by atoms with Gasteiger partial charge in [-0.15, -0.1) is 11.0 Å². The van der Waals surface area contributed by atoms with E-state index in [-0.39, 0.29) is 56.0 Å². The fourth-order valence-electron chi connectivity index (χ4n) is 11.9. The Hall–Kier alpha value is -7.51. The molecule has 4 aromatic carbocycles. The monoisotopic (exact) mass is 1140 g/mol. The van der Waals surface area contributed by atoms with Crippen LogP contribution < -0.4 is 20.4 Å². The molecule has 436 valence electrons. The van der Waals surface area contributed by atoms with Gasteiger partial charge in [-0.05, 0) is 26.0 Å². The average Bonchev–Trinajstić information content (AvgIpc) is 1.04. The summed E-state index contributed by atoms with van der Waals surface area (Å²) in [6, 6.07) is 5.81. The zero-order chi connectivity index (χ0) is 59.2. The van der Waals surface area contributed by atoms with E-state index < -0.39 is 210 Å². The molecule has 12 atom stereocenters. The number of aliphatic hydroxyl groups is 6. The van der Waals surface area contributed by atoms with Gasteiger partial charge in [-0.3, -0.25) is 28.8 Å². The fourth-order valence-corrected chi connectivity index (χ4v) is 11.9. The van der Waals surface area contributed by atoms with Gasteiger partial charge >= 0.3 is 6.16 Å². The first-order valence-electron chi connectivity index (χ1n) is 25.8. The SMILES string of the molecule is COc1cccc2c1C(=O)c1c(O)c3c(c(O)c1C2=O)C[C@@](O)(C(=O)CO)C[C@@H]3OC1CC(NOC(=O)ONC2CC(O[C@H]3C[C@](O)(C(=O)CO)Cc4c(O)c5c(c(O)c43)C(=O)c3c(OC)cccc3C5=O)OC(C)C2O)C(O)C(C)O1. The maximum Gasteiger partial charge on any atom is 0.547 e. The molecule has 27 heteroatoms. The molecule has 6 aliphatic rings. The zero-order valence-corrected chi connectivity index (χ0v) is 44.0. The molecule has 2 fully saturated rings. The maximum absolute atomic E-state index is 14.1. The van der Waals surface area contributed by atoms with Gasteiger partial charge in [-0.2, -0.15) is 4.79 Å². The Morgan fingerprint density at radius 1 is 0.573 bits per heavy atom. The van der Waals surface area contributed by atoms with Gasteiger partial charge in [0.05, 0.1) is 96.3 Å². The molecular weight excluding hydrogens is 1090 g/mol. The number of carbonyl (C=O) groups is 7. The van der Waals surface area contributed by atoms with Gasteiger partial charge in [-0.25, -0.2) is 0 Å². The number of aromatic hydroxyl groups is 4. The molecule has 0 bridgehead atoms. The predicted molar refractivity (Wildman–Crippen MR) is 269 cm³/mol. The third-order valence-electron chi connectivity index (χ3n) is 16.1. The number of aliphatic hydroxyl groups excluding tert-OH is 4. The second kappa shape index (κ2) is 21.7. The molecule has 0 saturated carbocycles. The van der Waals surface area contributed by atoms with Crippen LogP contribution in [0.25, 0.3) is 0 Å². The molecule has 0 amide bonds. The largest absolute Gasteiger partial charge is 0.547 e. The first-order valence-corrected chi connectivity index (χ1v) is 25.8. The van der Waals surface area contributed by atoms with Crippen LogP contribution >= 0.6 is 0 Å². The van der Waals surface area contributed by atoms with E-state index in [1.165, 1.54) is 64.5 Å². The summed E-state index contributed by atoms with van der Waals surface area (Å²) in [5, 5.41) is 113. The minimum Gasteiger partial charge on any atom is -0.507 e. The lowest BCUT2D eigenvalue weighted by atomic mass is 9.72. The minimum atomic E-state index is -2.47. The number of phenolic OH excluding ortho intramolecular Hbond substituents is 4. The summed E-state index contributed by atoms with van der Waals surface area (Å²) in [4.78, 5) is 106. The number of nitrogens with one attached hydrogen (secondary N) is 2. The van der Waals surface area contributed by atoms with Crippen LogP contribution in [0.3, 0.4) is 0 Å². The van der Waals surface area contributed by atoms with Gasteiger partial charge in [0.1, 0.15) is 58.9 Å². The Balaban J connectivity index is 0.841. The molecule has 4 aliphatic carbocycles. The quantitative estimate of drug-likeness (QED) is 0.0514. The summed E-state index contributed by atoms with van der Waals surface area (Å²) in [5.41, 5.74) is -4.74. The summed E-state index contributed by atoms with van der Waals surface area (Å²) in [5.74, 6) is -9.19. The lowest BCUT2D eigenvalue weighted by molar-refractivity contribution is -0.258. The highest BCUT2D eigenvalue weighted by atomic mass is 16.9. The third-order valence-corrected chi connectivity index (χ3v) is 16.1. The number of methoxy groups -OCH3 is 2. The van der Waals surface area contributed by atoms with Crippen molar-refractivity contribution in [3.63, 3.8) is 0 Å². The van der Waals surface area contributed by atoms with Crippen molar-refractivity contribution in [1.82, 2.24) is 11.0 Å². The van der Waals surface area contributed by atoms with Crippen LogP contribution in [0.15, 0.2) is 36.4 Å². The van der Waals surface area contributed by atoms with Gasteiger partial charge in [0, 0.05) is 71.9 Å². The van der Waals surface area contributed by atoms with Crippen molar-refractivity contribution in [1.29, 1.82) is 0 Å². The second-order valence-corrected chi connectivity index (χ2v) is 20.9. The number of Topliss-reactive ketones (excluding diaryl/α,β-unsaturated/α-hetero) is 2. The highest BCUT2D eigenvalue weighted by Crippen LogP contribution is 2.55. The van der Waals surface area contributed by atoms with Crippen molar-refractivity contribution in [2.75, 3.05) is 27.4 Å². The summed E-state index contributed by atoms with van der Waals surface area (Å²) >= 11 is 0. The van der Waals surface area contributed by atoms with Crippen LogP contribution in [0.1, 0.15) is 138 Å². The topological polar surface area (TPSA) is 420 Å². The van der Waals surface area contributed by atoms with Crippen molar-refractivity contribution in [2.45, 2.75) is 125 Å². The molecule has 2 aliphatic heterocycles. The Morgan fingerprint density at radius 2 is 0.939 bits per heavy atom. The molecular formula is C55H56N2O25. The van der Waals surface area contributed by atoms with Crippen molar-refractivity contribution in [2.24, 2.45) is 0 Å². The van der Waals surface area contributed by atoms with Crippen LogP contribution in [0, 0.1) is 0 Å². The van der Waals surface area contributed by atoms with Crippen LogP contribution in [0.2, 0.25) is 0 Å². The summed E-state index contributed by atoms with van der Waals surface area (Å²) in [7, 11) is 2.52. The van der Waals surface area contributed by atoms with E-state index in [2.05, 4.69) is 11.0 Å². The zero-order valence-electron chi connectivity index (χ0n) is 44.0. The van der Waals surface area contributed by atoms with E-state index in [1.807, 2.05) is 0 Å². The Kier molecular flexibility index (Phi) is 15.3. The van der Waals surface area contributed by atoms with Gasteiger partial charge in [0.2, 0.25) is 11.6 Å². The van der Waals surface area contributed by atoms with Crippen molar-refractivity contribution >= 4 is 40.9 Å². The number of carbonyl (C=O) groups excluding carboxylic acids is 7. The average molecular weight is 1150 g/mol. The predicted octanol–water partition coefficient (Wildman–Crippen LogP) is 0.261. The van der Waals surface area contributed by atoms with Crippen molar-refractivity contribution < 1.29 is 123 Å². The molecule has 0 radical (unpaired) electrons. The molecule has 12 N–H and O–H groups in total. The fraction of sp³-hybridized carbons (Fsp3) is 0.436. The number of hydrogen-bond acceptors (Lipinski definition) is 27. The molecule has 2 heterocycles. The van der Waals surface area contributed by atoms with Gasteiger partial charge in [0.15, 0.2) is 35.7 Å². The van der Waals surface area contributed by atoms with Crippen LogP contribution in [0.4, 0.5) is 4.79 Å².